The van der Waals surface area contributed by atoms with Crippen molar-refractivity contribution < 1.29 is 9.13 Å². The van der Waals surface area contributed by atoms with E-state index in [9.17, 15) is 4.39 Å². The summed E-state index contributed by atoms with van der Waals surface area (Å²) in [6.45, 7) is 3.67. The number of nitrogens with one attached hydrogen (secondary N) is 1. The third-order valence-corrected chi connectivity index (χ3v) is 5.88. The average molecular weight is 397 g/mol. The number of anilines is 1. The Morgan fingerprint density at radius 1 is 1.04 bits per heavy atom. The minimum absolute atomic E-state index is 0.297. The summed E-state index contributed by atoms with van der Waals surface area (Å²) in [5.41, 5.74) is 2.26. The molecule has 144 valence electrons. The Balaban J connectivity index is 1.34. The molecule has 3 heterocycles. The van der Waals surface area contributed by atoms with Crippen molar-refractivity contribution in [2.24, 2.45) is 9.98 Å². The molecular formula is C20H20FN5OS. The summed E-state index contributed by atoms with van der Waals surface area (Å²) < 4.78 is 25.5. The first kappa shape index (κ1) is 17.5. The quantitative estimate of drug-likeness (QED) is 0.757. The van der Waals surface area contributed by atoms with E-state index in [2.05, 4.69) is 19.0 Å². The van der Waals surface area contributed by atoms with Gasteiger partial charge < -0.3 is 14.4 Å². The van der Waals surface area contributed by atoms with E-state index in [1.807, 2.05) is 29.4 Å². The van der Waals surface area contributed by atoms with Crippen LogP contribution in [0.3, 0.4) is 0 Å². The molecule has 0 unspecified atom stereocenters. The third kappa shape index (κ3) is 3.45. The molecular weight excluding hydrogens is 377 g/mol. The van der Waals surface area contributed by atoms with Crippen LogP contribution >= 0.6 is 12.1 Å². The van der Waals surface area contributed by atoms with Gasteiger partial charge in [0, 0.05) is 43.4 Å². The number of amidine groups is 1. The van der Waals surface area contributed by atoms with E-state index in [-0.39, 0.29) is 5.82 Å². The Bertz CT molecular complexity index is 958. The molecule has 8 heteroatoms. The van der Waals surface area contributed by atoms with Crippen molar-refractivity contribution in [3.8, 4) is 11.5 Å². The van der Waals surface area contributed by atoms with Crippen LogP contribution in [0.5, 0.6) is 11.5 Å². The Labute approximate surface area is 167 Å². The fraction of sp³-hybridized carbons (Fsp3) is 0.300. The number of hydrogen-bond donors (Lipinski definition) is 1. The van der Waals surface area contributed by atoms with E-state index in [0.717, 1.165) is 43.3 Å². The molecule has 6 nitrogen and oxygen atoms in total. The molecule has 2 aromatic rings. The maximum atomic E-state index is 14.2. The molecule has 0 spiro atoms. The van der Waals surface area contributed by atoms with Crippen molar-refractivity contribution in [1.82, 2.24) is 9.21 Å². The normalized spacial score (nSPS) is 18.0. The highest BCUT2D eigenvalue weighted by atomic mass is 32.2. The smallest absolute Gasteiger partial charge is 0.147 e. The topological polar surface area (TPSA) is 52.5 Å². The monoisotopic (exact) mass is 397 g/mol. The molecule has 2 aromatic carbocycles. The third-order valence-electron chi connectivity index (χ3n) is 4.94. The van der Waals surface area contributed by atoms with Gasteiger partial charge in [-0.25, -0.2) is 13.7 Å². The SMILES string of the molecule is Fc1ccc(Oc2ccc3c(c2)C2=NCCN2C=N3)cc1NSN1CCCC1. The van der Waals surface area contributed by atoms with Gasteiger partial charge in [0.2, 0.25) is 0 Å². The van der Waals surface area contributed by atoms with Crippen LogP contribution in [0.25, 0.3) is 0 Å². The van der Waals surface area contributed by atoms with Gasteiger partial charge in [0.25, 0.3) is 0 Å². The van der Waals surface area contributed by atoms with Gasteiger partial charge in [-0.1, -0.05) is 0 Å². The minimum atomic E-state index is -0.297. The number of rotatable bonds is 5. The molecule has 0 aromatic heterocycles. The lowest BCUT2D eigenvalue weighted by atomic mass is 10.1. The van der Waals surface area contributed by atoms with Gasteiger partial charge >= 0.3 is 0 Å². The van der Waals surface area contributed by atoms with Gasteiger partial charge in [-0.2, -0.15) is 0 Å². The fourth-order valence-corrected chi connectivity index (χ4v) is 4.31. The highest BCUT2D eigenvalue weighted by Crippen LogP contribution is 2.33. The predicted molar refractivity (Wildman–Crippen MR) is 111 cm³/mol. The molecule has 0 aliphatic carbocycles. The number of halogens is 1. The first-order chi connectivity index (χ1) is 13.8. The zero-order chi connectivity index (χ0) is 18.9. The number of aliphatic imine (C=N–C) groups is 2. The largest absolute Gasteiger partial charge is 0.457 e. The zero-order valence-corrected chi connectivity index (χ0v) is 16.1. The first-order valence-corrected chi connectivity index (χ1v) is 10.2. The Hall–Kier alpha value is -2.58. The van der Waals surface area contributed by atoms with Crippen molar-refractivity contribution in [3.05, 3.63) is 47.8 Å². The highest BCUT2D eigenvalue weighted by molar-refractivity contribution is 7.98. The lowest BCUT2D eigenvalue weighted by molar-refractivity contribution is 0.481. The molecule has 3 aliphatic rings. The summed E-state index contributed by atoms with van der Waals surface area (Å²) in [4.78, 5) is 11.1. The number of ether oxygens (including phenoxy) is 1. The fourth-order valence-electron chi connectivity index (χ4n) is 3.49. The van der Waals surface area contributed by atoms with Gasteiger partial charge in [0.1, 0.15) is 23.2 Å². The van der Waals surface area contributed by atoms with Gasteiger partial charge in [-0.05, 0) is 43.2 Å². The standard InChI is InChI=1S/C20H20FN5OS/c21-17-5-3-15(12-19(17)24-28-26-8-1-2-9-26)27-14-4-6-18-16(11-14)20-22-7-10-25(20)13-23-18/h3-6,11-13,24H,1-2,7-10H2. The van der Waals surface area contributed by atoms with E-state index in [1.165, 1.54) is 31.0 Å². The van der Waals surface area contributed by atoms with Crippen molar-refractivity contribution in [2.45, 2.75) is 12.8 Å². The second-order valence-corrected chi connectivity index (χ2v) is 7.80. The van der Waals surface area contributed by atoms with Gasteiger partial charge in [-0.3, -0.25) is 4.99 Å². The molecule has 0 atom stereocenters. The van der Waals surface area contributed by atoms with Crippen LogP contribution in [0, 0.1) is 5.82 Å². The summed E-state index contributed by atoms with van der Waals surface area (Å²) in [5, 5.41) is 0. The first-order valence-electron chi connectivity index (χ1n) is 9.41. The van der Waals surface area contributed by atoms with Gasteiger partial charge in [0.15, 0.2) is 0 Å². The van der Waals surface area contributed by atoms with Crippen LogP contribution in [-0.2, 0) is 0 Å². The van der Waals surface area contributed by atoms with Crippen LogP contribution in [0.1, 0.15) is 18.4 Å². The molecule has 0 amide bonds. The number of hydrogen-bond acceptors (Lipinski definition) is 7. The molecule has 0 saturated carbocycles. The number of fused-ring (bicyclic) bond motifs is 3. The molecule has 5 rings (SSSR count). The average Bonchev–Trinajstić information content (AvgIpc) is 3.40. The van der Waals surface area contributed by atoms with Crippen molar-refractivity contribution in [1.29, 1.82) is 0 Å². The maximum Gasteiger partial charge on any atom is 0.147 e. The summed E-state index contributed by atoms with van der Waals surface area (Å²) in [5.74, 6) is 1.89. The maximum absolute atomic E-state index is 14.2. The van der Waals surface area contributed by atoms with Crippen LogP contribution in [-0.4, -0.2) is 47.6 Å². The van der Waals surface area contributed by atoms with E-state index < -0.39 is 0 Å². The predicted octanol–water partition coefficient (Wildman–Crippen LogP) is 4.42. The van der Waals surface area contributed by atoms with Gasteiger partial charge in [0.05, 0.1) is 24.3 Å². The summed E-state index contributed by atoms with van der Waals surface area (Å²) >= 11 is 1.45. The Morgan fingerprint density at radius 2 is 1.86 bits per heavy atom. The van der Waals surface area contributed by atoms with Crippen LogP contribution in [0.4, 0.5) is 15.8 Å². The van der Waals surface area contributed by atoms with E-state index >= 15 is 0 Å². The molecule has 0 bridgehead atoms. The number of benzene rings is 2. The van der Waals surface area contributed by atoms with Crippen LogP contribution in [0.2, 0.25) is 0 Å². The van der Waals surface area contributed by atoms with E-state index in [1.54, 1.807) is 12.1 Å². The van der Waals surface area contributed by atoms with E-state index in [4.69, 9.17) is 4.74 Å². The second-order valence-electron chi connectivity index (χ2n) is 6.90. The highest BCUT2D eigenvalue weighted by Gasteiger charge is 2.24. The van der Waals surface area contributed by atoms with Crippen molar-refractivity contribution in [2.75, 3.05) is 30.9 Å². The van der Waals surface area contributed by atoms with Crippen LogP contribution in [0.15, 0.2) is 46.4 Å². The molecule has 1 fully saturated rings. The molecule has 28 heavy (non-hydrogen) atoms. The Kier molecular flexibility index (Phi) is 4.66. The van der Waals surface area contributed by atoms with Crippen molar-refractivity contribution >= 4 is 35.7 Å². The molecule has 1 N–H and O–H groups in total. The second kappa shape index (κ2) is 7.44. The van der Waals surface area contributed by atoms with E-state index in [0.29, 0.717) is 17.2 Å². The van der Waals surface area contributed by atoms with Gasteiger partial charge in [-0.15, -0.1) is 0 Å². The lowest BCUT2D eigenvalue weighted by Gasteiger charge is -2.21. The minimum Gasteiger partial charge on any atom is -0.457 e. The summed E-state index contributed by atoms with van der Waals surface area (Å²) in [7, 11) is 0. The number of nitrogens with zero attached hydrogens (tertiary/aromatic N) is 4. The summed E-state index contributed by atoms with van der Waals surface area (Å²) in [6.07, 6.45) is 4.20. The lowest BCUT2D eigenvalue weighted by Crippen LogP contribution is -2.29. The Morgan fingerprint density at radius 3 is 2.75 bits per heavy atom. The molecule has 1 saturated heterocycles. The van der Waals surface area contributed by atoms with Crippen molar-refractivity contribution in [3.63, 3.8) is 0 Å². The molecule has 0 radical (unpaired) electrons. The summed E-state index contributed by atoms with van der Waals surface area (Å²) in [6, 6.07) is 10.5. The zero-order valence-electron chi connectivity index (χ0n) is 15.3. The van der Waals surface area contributed by atoms with Crippen LogP contribution < -0.4 is 9.46 Å². The molecule has 3 aliphatic heterocycles.